The zero-order valence-electron chi connectivity index (χ0n) is 11.6. The van der Waals surface area contributed by atoms with Crippen LogP contribution in [0.25, 0.3) is 10.9 Å². The molecule has 5 nitrogen and oxygen atoms in total. The first kappa shape index (κ1) is 14.3. The van der Waals surface area contributed by atoms with Crippen LogP contribution < -0.4 is 11.2 Å². The molecule has 0 spiro atoms. The lowest BCUT2D eigenvalue weighted by molar-refractivity contribution is -0.118. The molecule has 2 N–H and O–H groups in total. The van der Waals surface area contributed by atoms with E-state index < -0.39 is 5.91 Å². The van der Waals surface area contributed by atoms with Crippen LogP contribution in [0.5, 0.6) is 0 Å². The maximum Gasteiger partial charge on any atom is 0.218 e. The second-order valence-corrected chi connectivity index (χ2v) is 4.89. The summed E-state index contributed by atoms with van der Waals surface area (Å²) in [5.41, 5.74) is 6.56. The van der Waals surface area contributed by atoms with Gasteiger partial charge in [0, 0.05) is 30.7 Å². The molecule has 1 aromatic heterocycles. The lowest BCUT2D eigenvalue weighted by Crippen LogP contribution is -2.21. The lowest BCUT2D eigenvalue weighted by Gasteiger charge is -2.15. The van der Waals surface area contributed by atoms with Gasteiger partial charge in [0.05, 0.1) is 5.52 Å². The topological polar surface area (TPSA) is 74.3 Å². The number of ether oxygens (including phenoxy) is 1. The molecule has 0 saturated carbocycles. The van der Waals surface area contributed by atoms with Gasteiger partial charge in [0.2, 0.25) is 5.91 Å². The molecule has 1 unspecified atom stereocenters. The summed E-state index contributed by atoms with van der Waals surface area (Å²) in [6.07, 6.45) is 1.91. The van der Waals surface area contributed by atoms with Crippen molar-refractivity contribution < 1.29 is 9.53 Å². The molecule has 0 aliphatic rings. The number of carbonyl (C=O) groups is 1. The van der Waals surface area contributed by atoms with Crippen LogP contribution in [-0.4, -0.2) is 17.6 Å². The van der Waals surface area contributed by atoms with Crippen molar-refractivity contribution in [2.75, 3.05) is 7.11 Å². The Hall–Kier alpha value is -2.14. The molecule has 2 rings (SSSR count). The quantitative estimate of drug-likeness (QED) is 0.899. The summed E-state index contributed by atoms with van der Waals surface area (Å²) in [6, 6.07) is 7.35. The molecule has 0 saturated heterocycles. The van der Waals surface area contributed by atoms with Gasteiger partial charge in [-0.05, 0) is 18.1 Å². The molecule has 1 heterocycles. The first-order chi connectivity index (χ1) is 9.54. The average Bonchev–Trinajstić information content (AvgIpc) is 2.41. The zero-order chi connectivity index (χ0) is 14.7. The number of hydrogen-bond acceptors (Lipinski definition) is 3. The van der Waals surface area contributed by atoms with Gasteiger partial charge in [-0.25, -0.2) is 0 Å². The molecule has 20 heavy (non-hydrogen) atoms. The van der Waals surface area contributed by atoms with Crippen LogP contribution in [0.2, 0.25) is 0 Å². The zero-order valence-corrected chi connectivity index (χ0v) is 11.6. The van der Waals surface area contributed by atoms with Crippen LogP contribution in [0, 0.1) is 0 Å². The highest BCUT2D eigenvalue weighted by Gasteiger charge is 2.16. The standard InChI is InChI=1S/C15H18N2O3/c1-10(7-14(16)18)12-8-17(9-20-2)13-6-4-3-5-11(13)15(12)19/h3-6,8,10H,7,9H2,1-2H3,(H2,16,18). The number of nitrogens with zero attached hydrogens (tertiary/aromatic N) is 1. The maximum atomic E-state index is 12.5. The lowest BCUT2D eigenvalue weighted by atomic mass is 9.97. The second kappa shape index (κ2) is 5.88. The third-order valence-corrected chi connectivity index (χ3v) is 3.32. The van der Waals surface area contributed by atoms with E-state index in [0.717, 1.165) is 5.52 Å². The van der Waals surface area contributed by atoms with Gasteiger partial charge in [-0.1, -0.05) is 19.1 Å². The number of amides is 1. The van der Waals surface area contributed by atoms with Crippen molar-refractivity contribution in [1.29, 1.82) is 0 Å². The van der Waals surface area contributed by atoms with E-state index in [0.29, 0.717) is 17.7 Å². The van der Waals surface area contributed by atoms with Gasteiger partial charge in [0.15, 0.2) is 5.43 Å². The van der Waals surface area contributed by atoms with E-state index in [1.54, 1.807) is 19.4 Å². The molecule has 0 aliphatic heterocycles. The Morgan fingerprint density at radius 1 is 1.40 bits per heavy atom. The fourth-order valence-electron chi connectivity index (χ4n) is 2.38. The van der Waals surface area contributed by atoms with Crippen LogP contribution >= 0.6 is 0 Å². The van der Waals surface area contributed by atoms with E-state index in [2.05, 4.69) is 0 Å². The van der Waals surface area contributed by atoms with Gasteiger partial charge in [-0.2, -0.15) is 0 Å². The monoisotopic (exact) mass is 274 g/mol. The molecule has 106 valence electrons. The summed E-state index contributed by atoms with van der Waals surface area (Å²) in [4.78, 5) is 23.6. The van der Waals surface area contributed by atoms with E-state index in [1.165, 1.54) is 0 Å². The minimum atomic E-state index is -0.414. The van der Waals surface area contributed by atoms with Gasteiger partial charge in [-0.3, -0.25) is 9.59 Å². The van der Waals surface area contributed by atoms with Crippen molar-refractivity contribution in [2.24, 2.45) is 5.73 Å². The molecule has 1 atom stereocenters. The predicted octanol–water partition coefficient (Wildman–Crippen LogP) is 1.58. The summed E-state index contributed by atoms with van der Waals surface area (Å²) in [5.74, 6) is -0.629. The average molecular weight is 274 g/mol. The third-order valence-electron chi connectivity index (χ3n) is 3.32. The van der Waals surface area contributed by atoms with E-state index in [1.807, 2.05) is 29.7 Å². The molecule has 1 aromatic carbocycles. The number of methoxy groups -OCH3 is 1. The number of aromatic nitrogens is 1. The van der Waals surface area contributed by atoms with Crippen molar-refractivity contribution in [2.45, 2.75) is 26.0 Å². The van der Waals surface area contributed by atoms with Gasteiger partial charge >= 0.3 is 0 Å². The Kier molecular flexibility index (Phi) is 4.20. The largest absolute Gasteiger partial charge is 0.370 e. The molecular weight excluding hydrogens is 256 g/mol. The smallest absolute Gasteiger partial charge is 0.218 e. The number of primary amides is 1. The third kappa shape index (κ3) is 2.72. The summed E-state index contributed by atoms with van der Waals surface area (Å²) in [7, 11) is 1.60. The van der Waals surface area contributed by atoms with Gasteiger partial charge < -0.3 is 15.0 Å². The number of fused-ring (bicyclic) bond motifs is 1. The Bertz CT molecular complexity index is 691. The molecule has 1 amide bonds. The number of carbonyl (C=O) groups excluding carboxylic acids is 1. The van der Waals surface area contributed by atoms with Crippen molar-refractivity contribution >= 4 is 16.8 Å². The molecule has 0 fully saturated rings. The molecule has 0 aliphatic carbocycles. The summed E-state index contributed by atoms with van der Waals surface area (Å²) in [6.45, 7) is 2.17. The van der Waals surface area contributed by atoms with E-state index in [4.69, 9.17) is 10.5 Å². The number of pyridine rings is 1. The summed E-state index contributed by atoms with van der Waals surface area (Å²) >= 11 is 0. The number of hydrogen-bond donors (Lipinski definition) is 1. The minimum Gasteiger partial charge on any atom is -0.370 e. The number of para-hydroxylation sites is 1. The Morgan fingerprint density at radius 3 is 2.75 bits per heavy atom. The molecule has 2 aromatic rings. The highest BCUT2D eigenvalue weighted by atomic mass is 16.5. The van der Waals surface area contributed by atoms with E-state index >= 15 is 0 Å². The molecule has 5 heteroatoms. The van der Waals surface area contributed by atoms with Crippen molar-refractivity contribution in [1.82, 2.24) is 4.57 Å². The SMILES string of the molecule is COCn1cc(C(C)CC(N)=O)c(=O)c2ccccc21. The normalized spacial score (nSPS) is 12.5. The number of nitrogens with two attached hydrogens (primary N) is 1. The highest BCUT2D eigenvalue weighted by molar-refractivity contribution is 5.80. The van der Waals surface area contributed by atoms with Crippen LogP contribution in [-0.2, 0) is 16.3 Å². The fraction of sp³-hybridized carbons (Fsp3) is 0.333. The number of rotatable bonds is 5. The van der Waals surface area contributed by atoms with E-state index in [9.17, 15) is 9.59 Å². The minimum absolute atomic E-state index is 0.0540. The van der Waals surface area contributed by atoms with Gasteiger partial charge in [-0.15, -0.1) is 0 Å². The van der Waals surface area contributed by atoms with Crippen molar-refractivity contribution in [3.8, 4) is 0 Å². The molecule has 0 bridgehead atoms. The summed E-state index contributed by atoms with van der Waals surface area (Å²) < 4.78 is 7.03. The Labute approximate surface area is 117 Å². The summed E-state index contributed by atoms with van der Waals surface area (Å²) in [5, 5.41) is 0.623. The predicted molar refractivity (Wildman–Crippen MR) is 77.4 cm³/mol. The maximum absolute atomic E-state index is 12.5. The van der Waals surface area contributed by atoms with Crippen LogP contribution in [0.3, 0.4) is 0 Å². The second-order valence-electron chi connectivity index (χ2n) is 4.89. The van der Waals surface area contributed by atoms with Gasteiger partial charge in [0.1, 0.15) is 6.73 Å². The molecular formula is C15H18N2O3. The first-order valence-electron chi connectivity index (χ1n) is 6.44. The van der Waals surface area contributed by atoms with E-state index in [-0.39, 0.29) is 17.8 Å². The van der Waals surface area contributed by atoms with Crippen LogP contribution in [0.15, 0.2) is 35.3 Å². The van der Waals surface area contributed by atoms with Gasteiger partial charge in [0.25, 0.3) is 0 Å². The van der Waals surface area contributed by atoms with Crippen molar-refractivity contribution in [3.05, 3.63) is 46.2 Å². The van der Waals surface area contributed by atoms with Crippen LogP contribution in [0.1, 0.15) is 24.8 Å². The Balaban J connectivity index is 2.63. The number of benzene rings is 1. The first-order valence-corrected chi connectivity index (χ1v) is 6.44. The Morgan fingerprint density at radius 2 is 2.10 bits per heavy atom. The van der Waals surface area contributed by atoms with Crippen LogP contribution in [0.4, 0.5) is 0 Å². The molecule has 0 radical (unpaired) electrons. The highest BCUT2D eigenvalue weighted by Crippen LogP contribution is 2.19. The van der Waals surface area contributed by atoms with Crippen molar-refractivity contribution in [3.63, 3.8) is 0 Å². The fourth-order valence-corrected chi connectivity index (χ4v) is 2.38.